The number of benzene rings is 2. The van der Waals surface area contributed by atoms with Gasteiger partial charge in [-0.15, -0.1) is 0 Å². The lowest BCUT2D eigenvalue weighted by molar-refractivity contribution is -0.115. The Bertz CT molecular complexity index is 774. The van der Waals surface area contributed by atoms with E-state index >= 15 is 0 Å². The molecule has 0 spiro atoms. The van der Waals surface area contributed by atoms with Gasteiger partial charge in [-0.3, -0.25) is 9.79 Å². The average Bonchev–Trinajstić information content (AvgIpc) is 2.59. The molecule has 2 rings (SSSR count). The van der Waals surface area contributed by atoms with Crippen LogP contribution >= 0.6 is 15.9 Å². The number of nitrogens with zero attached hydrogens (tertiary/aromatic N) is 1. The lowest BCUT2D eigenvalue weighted by Gasteiger charge is -2.14. The standard InChI is InChI=1S/C19H23BrN4O/c1-13-6-4-5-7-15(13)11-22-19(21-3)23-12-18(25)24-17-10-16(20)9-8-14(17)2/h4-10H,11-12H2,1-3H3,(H,24,25)(H2,21,22,23). The van der Waals surface area contributed by atoms with E-state index in [0.717, 1.165) is 15.7 Å². The molecule has 132 valence electrons. The van der Waals surface area contributed by atoms with E-state index in [-0.39, 0.29) is 12.5 Å². The number of guanidine groups is 1. The van der Waals surface area contributed by atoms with Gasteiger partial charge in [0.1, 0.15) is 0 Å². The predicted octanol–water partition coefficient (Wildman–Crippen LogP) is 3.37. The first-order valence-electron chi connectivity index (χ1n) is 8.04. The van der Waals surface area contributed by atoms with Crippen molar-refractivity contribution in [2.75, 3.05) is 18.9 Å². The maximum atomic E-state index is 12.2. The number of carbonyl (C=O) groups excluding carboxylic acids is 1. The van der Waals surface area contributed by atoms with E-state index in [0.29, 0.717) is 12.5 Å². The molecule has 5 nitrogen and oxygen atoms in total. The first-order valence-corrected chi connectivity index (χ1v) is 8.84. The van der Waals surface area contributed by atoms with E-state index in [2.05, 4.69) is 55.9 Å². The number of aryl methyl sites for hydroxylation is 2. The number of nitrogens with one attached hydrogen (secondary N) is 3. The highest BCUT2D eigenvalue weighted by Crippen LogP contribution is 2.20. The Morgan fingerprint density at radius 3 is 2.56 bits per heavy atom. The molecule has 6 heteroatoms. The van der Waals surface area contributed by atoms with Crippen LogP contribution < -0.4 is 16.0 Å². The number of amides is 1. The van der Waals surface area contributed by atoms with Crippen molar-refractivity contribution in [1.82, 2.24) is 10.6 Å². The molecule has 1 amide bonds. The summed E-state index contributed by atoms with van der Waals surface area (Å²) in [5.74, 6) is 0.462. The predicted molar refractivity (Wildman–Crippen MR) is 107 cm³/mol. The molecule has 0 aliphatic carbocycles. The summed E-state index contributed by atoms with van der Waals surface area (Å²) in [6.07, 6.45) is 0. The number of halogens is 1. The number of carbonyl (C=O) groups is 1. The molecule has 0 unspecified atom stereocenters. The minimum Gasteiger partial charge on any atom is -0.352 e. The smallest absolute Gasteiger partial charge is 0.243 e. The van der Waals surface area contributed by atoms with Crippen molar-refractivity contribution in [2.24, 2.45) is 4.99 Å². The summed E-state index contributed by atoms with van der Waals surface area (Å²) in [7, 11) is 1.68. The van der Waals surface area contributed by atoms with Crippen molar-refractivity contribution in [3.63, 3.8) is 0 Å². The Morgan fingerprint density at radius 1 is 1.08 bits per heavy atom. The van der Waals surface area contributed by atoms with E-state index in [1.165, 1.54) is 11.1 Å². The summed E-state index contributed by atoms with van der Waals surface area (Å²) < 4.78 is 0.928. The van der Waals surface area contributed by atoms with E-state index in [1.54, 1.807) is 7.05 Å². The van der Waals surface area contributed by atoms with Crippen LogP contribution in [0.5, 0.6) is 0 Å². The Morgan fingerprint density at radius 2 is 1.84 bits per heavy atom. The summed E-state index contributed by atoms with van der Waals surface area (Å²) >= 11 is 3.41. The summed E-state index contributed by atoms with van der Waals surface area (Å²) in [4.78, 5) is 16.3. The van der Waals surface area contributed by atoms with E-state index in [1.807, 2.05) is 37.3 Å². The number of hydrogen-bond acceptors (Lipinski definition) is 2. The lowest BCUT2D eigenvalue weighted by Crippen LogP contribution is -2.41. The molecule has 0 bridgehead atoms. The van der Waals surface area contributed by atoms with Crippen LogP contribution in [0.25, 0.3) is 0 Å². The molecule has 3 N–H and O–H groups in total. The molecule has 0 heterocycles. The van der Waals surface area contributed by atoms with E-state index in [9.17, 15) is 4.79 Å². The summed E-state index contributed by atoms with van der Waals surface area (Å²) in [5, 5.41) is 9.15. The summed E-state index contributed by atoms with van der Waals surface area (Å²) in [5.41, 5.74) is 4.22. The maximum Gasteiger partial charge on any atom is 0.243 e. The monoisotopic (exact) mass is 402 g/mol. The number of aliphatic imine (C=N–C) groups is 1. The molecule has 0 saturated carbocycles. The molecule has 0 saturated heterocycles. The number of rotatable bonds is 5. The van der Waals surface area contributed by atoms with Crippen LogP contribution in [-0.4, -0.2) is 25.5 Å². The third-order valence-electron chi connectivity index (χ3n) is 3.82. The highest BCUT2D eigenvalue weighted by molar-refractivity contribution is 9.10. The molecule has 0 aromatic heterocycles. The van der Waals surface area contributed by atoms with Gasteiger partial charge < -0.3 is 16.0 Å². The molecule has 0 atom stereocenters. The highest BCUT2D eigenvalue weighted by Gasteiger charge is 2.07. The zero-order valence-corrected chi connectivity index (χ0v) is 16.3. The molecule has 0 aliphatic heterocycles. The van der Waals surface area contributed by atoms with Gasteiger partial charge in [0, 0.05) is 23.8 Å². The molecular formula is C19H23BrN4O. The van der Waals surface area contributed by atoms with Crippen LogP contribution in [-0.2, 0) is 11.3 Å². The fraction of sp³-hybridized carbons (Fsp3) is 0.263. The molecule has 25 heavy (non-hydrogen) atoms. The van der Waals surface area contributed by atoms with Gasteiger partial charge in [-0.2, -0.15) is 0 Å². The summed E-state index contributed by atoms with van der Waals surface area (Å²) in [6.45, 7) is 4.82. The second-order valence-corrected chi connectivity index (χ2v) is 6.63. The first-order chi connectivity index (χ1) is 12.0. The van der Waals surface area contributed by atoms with E-state index in [4.69, 9.17) is 0 Å². The Labute approximate surface area is 157 Å². The fourth-order valence-electron chi connectivity index (χ4n) is 2.30. The third kappa shape index (κ3) is 5.90. The van der Waals surface area contributed by atoms with Gasteiger partial charge in [-0.05, 0) is 42.7 Å². The van der Waals surface area contributed by atoms with Gasteiger partial charge in [0.25, 0.3) is 0 Å². The molecule has 2 aromatic carbocycles. The quantitative estimate of drug-likeness (QED) is 0.530. The molecule has 0 aliphatic rings. The van der Waals surface area contributed by atoms with Crippen LogP contribution in [0.1, 0.15) is 16.7 Å². The van der Waals surface area contributed by atoms with Crippen molar-refractivity contribution in [1.29, 1.82) is 0 Å². The van der Waals surface area contributed by atoms with Gasteiger partial charge in [0.2, 0.25) is 5.91 Å². The molecule has 0 fully saturated rings. The van der Waals surface area contributed by atoms with Crippen molar-refractivity contribution >= 4 is 33.5 Å². The Balaban J connectivity index is 1.85. The minimum atomic E-state index is -0.125. The van der Waals surface area contributed by atoms with Crippen LogP contribution in [0, 0.1) is 13.8 Å². The number of hydrogen-bond donors (Lipinski definition) is 3. The zero-order valence-electron chi connectivity index (χ0n) is 14.7. The van der Waals surface area contributed by atoms with Crippen molar-refractivity contribution in [3.05, 3.63) is 63.6 Å². The van der Waals surface area contributed by atoms with Crippen LogP contribution in [0.15, 0.2) is 51.9 Å². The Hall–Kier alpha value is -2.34. The minimum absolute atomic E-state index is 0.125. The third-order valence-corrected chi connectivity index (χ3v) is 4.31. The van der Waals surface area contributed by atoms with Crippen molar-refractivity contribution in [3.8, 4) is 0 Å². The second kappa shape index (κ2) is 9.22. The molecular weight excluding hydrogens is 380 g/mol. The second-order valence-electron chi connectivity index (χ2n) is 5.71. The van der Waals surface area contributed by atoms with Crippen molar-refractivity contribution < 1.29 is 4.79 Å². The zero-order chi connectivity index (χ0) is 18.2. The van der Waals surface area contributed by atoms with Crippen molar-refractivity contribution in [2.45, 2.75) is 20.4 Å². The fourth-order valence-corrected chi connectivity index (χ4v) is 2.66. The van der Waals surface area contributed by atoms with Gasteiger partial charge >= 0.3 is 0 Å². The van der Waals surface area contributed by atoms with Gasteiger partial charge in [0.15, 0.2) is 5.96 Å². The lowest BCUT2D eigenvalue weighted by atomic mass is 10.1. The average molecular weight is 403 g/mol. The molecule has 0 radical (unpaired) electrons. The first kappa shape index (κ1) is 19.0. The van der Waals surface area contributed by atoms with Gasteiger partial charge in [0.05, 0.1) is 6.54 Å². The normalized spacial score (nSPS) is 11.1. The molecule has 2 aromatic rings. The summed E-state index contributed by atoms with van der Waals surface area (Å²) in [6, 6.07) is 13.9. The van der Waals surface area contributed by atoms with Crippen LogP contribution in [0.4, 0.5) is 5.69 Å². The van der Waals surface area contributed by atoms with Gasteiger partial charge in [-0.1, -0.05) is 46.3 Å². The van der Waals surface area contributed by atoms with Gasteiger partial charge in [-0.25, -0.2) is 0 Å². The largest absolute Gasteiger partial charge is 0.352 e. The highest BCUT2D eigenvalue weighted by atomic mass is 79.9. The maximum absolute atomic E-state index is 12.2. The number of anilines is 1. The SMILES string of the molecule is CN=C(NCC(=O)Nc1cc(Br)ccc1C)NCc1ccccc1C. The van der Waals surface area contributed by atoms with E-state index < -0.39 is 0 Å². The van der Waals surface area contributed by atoms with Crippen LogP contribution in [0.3, 0.4) is 0 Å². The van der Waals surface area contributed by atoms with Crippen LogP contribution in [0.2, 0.25) is 0 Å². The topological polar surface area (TPSA) is 65.5 Å². The Kier molecular flexibility index (Phi) is 7.01.